The Morgan fingerprint density at radius 1 is 1.12 bits per heavy atom. The molecule has 0 unspecified atom stereocenters. The predicted molar refractivity (Wildman–Crippen MR) is 68.3 cm³/mol. The lowest BCUT2D eigenvalue weighted by Gasteiger charge is -1.97. The van der Waals surface area contributed by atoms with E-state index in [-0.39, 0.29) is 0 Å². The maximum atomic E-state index is 5.95. The van der Waals surface area contributed by atoms with Gasteiger partial charge in [-0.05, 0) is 35.7 Å². The number of methoxy groups -OCH3 is 1. The van der Waals surface area contributed by atoms with Gasteiger partial charge in [-0.25, -0.2) is 0 Å². The van der Waals surface area contributed by atoms with Crippen molar-refractivity contribution < 1.29 is 4.74 Å². The van der Waals surface area contributed by atoms with Crippen LogP contribution in [-0.2, 0) is 0 Å². The molecular weight excluding hydrogens is 240 g/mol. The third-order valence-electron chi connectivity index (χ3n) is 2.05. The van der Waals surface area contributed by atoms with Gasteiger partial charge in [0.2, 0.25) is 0 Å². The van der Waals surface area contributed by atoms with Gasteiger partial charge in [0.25, 0.3) is 0 Å². The highest BCUT2D eigenvalue weighted by Crippen LogP contribution is 2.21. The van der Waals surface area contributed by atoms with Crippen LogP contribution in [0.2, 0.25) is 4.34 Å². The van der Waals surface area contributed by atoms with E-state index in [9.17, 15) is 0 Å². The van der Waals surface area contributed by atoms with Gasteiger partial charge in [0.1, 0.15) is 10.1 Å². The molecule has 1 nitrogen and oxygen atoms in total. The summed E-state index contributed by atoms with van der Waals surface area (Å²) in [6.07, 6.45) is 0. The topological polar surface area (TPSA) is 9.23 Å². The number of halogens is 1. The minimum absolute atomic E-state index is 0.737. The van der Waals surface area contributed by atoms with Gasteiger partial charge in [-0.15, -0.1) is 11.3 Å². The summed E-state index contributed by atoms with van der Waals surface area (Å²) < 4.78 is 5.81. The molecule has 0 spiro atoms. The molecule has 0 fully saturated rings. The molecule has 16 heavy (non-hydrogen) atoms. The average Bonchev–Trinajstić information content (AvgIpc) is 2.73. The summed E-state index contributed by atoms with van der Waals surface area (Å²) >= 11 is 7.44. The lowest BCUT2D eigenvalue weighted by Crippen LogP contribution is -1.81. The Balaban J connectivity index is 2.21. The molecule has 0 saturated heterocycles. The van der Waals surface area contributed by atoms with Gasteiger partial charge in [-0.1, -0.05) is 23.4 Å². The normalized spacial score (nSPS) is 9.38. The molecule has 0 aliphatic carbocycles. The zero-order valence-electron chi connectivity index (χ0n) is 8.66. The Labute approximate surface area is 104 Å². The molecule has 0 atom stereocenters. The van der Waals surface area contributed by atoms with Gasteiger partial charge < -0.3 is 4.74 Å². The minimum Gasteiger partial charge on any atom is -0.497 e. The van der Waals surface area contributed by atoms with Crippen LogP contribution in [0, 0.1) is 11.8 Å². The smallest absolute Gasteiger partial charge is 0.118 e. The van der Waals surface area contributed by atoms with Crippen LogP contribution in [0.5, 0.6) is 5.75 Å². The Morgan fingerprint density at radius 2 is 1.88 bits per heavy atom. The van der Waals surface area contributed by atoms with Crippen LogP contribution in [0.25, 0.3) is 0 Å². The summed E-state index contributed by atoms with van der Waals surface area (Å²) in [4.78, 5) is 0. The maximum Gasteiger partial charge on any atom is 0.118 e. The van der Waals surface area contributed by atoms with Crippen LogP contribution in [0.1, 0.15) is 11.1 Å². The van der Waals surface area contributed by atoms with Crippen LogP contribution in [0.15, 0.2) is 35.7 Å². The largest absolute Gasteiger partial charge is 0.497 e. The van der Waals surface area contributed by atoms with Gasteiger partial charge in [-0.2, -0.15) is 0 Å². The molecule has 80 valence electrons. The number of rotatable bonds is 1. The summed E-state index contributed by atoms with van der Waals surface area (Å²) in [6.45, 7) is 0. The fraction of sp³-hybridized carbons (Fsp3) is 0.0769. The van der Waals surface area contributed by atoms with Crippen molar-refractivity contribution >= 4 is 22.9 Å². The van der Waals surface area contributed by atoms with Crippen molar-refractivity contribution in [1.82, 2.24) is 0 Å². The standard InChI is InChI=1S/C13H9ClOS/c1-15-12-6-3-10(4-7-12)2-5-11-8-9-16-13(11)14/h3-4,6-9H,1H3. The summed E-state index contributed by atoms with van der Waals surface area (Å²) in [5.41, 5.74) is 1.82. The van der Waals surface area contributed by atoms with Crippen molar-refractivity contribution in [2.24, 2.45) is 0 Å². The van der Waals surface area contributed by atoms with Crippen LogP contribution >= 0.6 is 22.9 Å². The average molecular weight is 249 g/mol. The van der Waals surface area contributed by atoms with Crippen molar-refractivity contribution in [3.05, 3.63) is 51.2 Å². The van der Waals surface area contributed by atoms with E-state index in [1.807, 2.05) is 35.7 Å². The van der Waals surface area contributed by atoms with Crippen LogP contribution in [-0.4, -0.2) is 7.11 Å². The van der Waals surface area contributed by atoms with E-state index >= 15 is 0 Å². The fourth-order valence-corrected chi connectivity index (χ4v) is 2.03. The summed E-state index contributed by atoms with van der Waals surface area (Å²) in [5, 5.41) is 1.93. The quantitative estimate of drug-likeness (QED) is 0.698. The van der Waals surface area contributed by atoms with Gasteiger partial charge >= 0.3 is 0 Å². The lowest BCUT2D eigenvalue weighted by molar-refractivity contribution is 0.415. The lowest BCUT2D eigenvalue weighted by atomic mass is 10.2. The van der Waals surface area contributed by atoms with Gasteiger partial charge in [0.05, 0.1) is 12.7 Å². The highest BCUT2D eigenvalue weighted by atomic mass is 35.5. The monoisotopic (exact) mass is 248 g/mol. The predicted octanol–water partition coefficient (Wildman–Crippen LogP) is 3.81. The Morgan fingerprint density at radius 3 is 2.44 bits per heavy atom. The summed E-state index contributed by atoms with van der Waals surface area (Å²) in [6, 6.07) is 9.54. The molecule has 0 bridgehead atoms. The first-order valence-corrected chi connectivity index (χ1v) is 5.94. The maximum absolute atomic E-state index is 5.95. The first-order chi connectivity index (χ1) is 7.79. The summed E-state index contributed by atoms with van der Waals surface area (Å²) in [7, 11) is 1.64. The molecular formula is C13H9ClOS. The van der Waals surface area contributed by atoms with Gasteiger partial charge in [-0.3, -0.25) is 0 Å². The van der Waals surface area contributed by atoms with E-state index < -0.39 is 0 Å². The molecule has 3 heteroatoms. The molecule has 1 heterocycles. The number of ether oxygens (including phenoxy) is 1. The van der Waals surface area contributed by atoms with Crippen molar-refractivity contribution in [3.63, 3.8) is 0 Å². The van der Waals surface area contributed by atoms with Crippen LogP contribution in [0.4, 0.5) is 0 Å². The van der Waals surface area contributed by atoms with E-state index in [2.05, 4.69) is 11.8 Å². The zero-order valence-corrected chi connectivity index (χ0v) is 10.2. The number of hydrogen-bond donors (Lipinski definition) is 0. The van der Waals surface area contributed by atoms with Gasteiger partial charge in [0, 0.05) is 5.56 Å². The number of thiophene rings is 1. The molecule has 2 aromatic rings. The zero-order chi connectivity index (χ0) is 11.4. The first kappa shape index (κ1) is 11.1. The SMILES string of the molecule is COc1ccc(C#Cc2ccsc2Cl)cc1. The molecule has 0 saturated carbocycles. The number of benzene rings is 1. The van der Waals surface area contributed by atoms with Gasteiger partial charge in [0.15, 0.2) is 0 Å². The van der Waals surface area contributed by atoms with E-state index in [1.165, 1.54) is 11.3 Å². The third kappa shape index (κ3) is 2.57. The van der Waals surface area contributed by atoms with Crippen molar-refractivity contribution in [2.45, 2.75) is 0 Å². The Bertz CT molecular complexity index is 531. The Kier molecular flexibility index (Phi) is 3.51. The molecule has 0 aliphatic rings. The second-order valence-electron chi connectivity index (χ2n) is 3.09. The second kappa shape index (κ2) is 5.07. The second-order valence-corrected chi connectivity index (χ2v) is 4.60. The first-order valence-electron chi connectivity index (χ1n) is 4.68. The molecule has 1 aromatic heterocycles. The molecule has 1 aromatic carbocycles. The highest BCUT2D eigenvalue weighted by molar-refractivity contribution is 7.14. The van der Waals surface area contributed by atoms with E-state index in [4.69, 9.17) is 16.3 Å². The highest BCUT2D eigenvalue weighted by Gasteiger charge is 1.96. The van der Waals surface area contributed by atoms with Crippen molar-refractivity contribution in [3.8, 4) is 17.6 Å². The molecule has 0 aliphatic heterocycles. The van der Waals surface area contributed by atoms with E-state index in [1.54, 1.807) is 7.11 Å². The van der Waals surface area contributed by atoms with Crippen molar-refractivity contribution in [1.29, 1.82) is 0 Å². The minimum atomic E-state index is 0.737. The molecule has 0 amide bonds. The van der Waals surface area contributed by atoms with Crippen LogP contribution in [0.3, 0.4) is 0 Å². The molecule has 0 radical (unpaired) electrons. The molecule has 2 rings (SSSR count). The fourth-order valence-electron chi connectivity index (χ4n) is 1.20. The third-order valence-corrected chi connectivity index (χ3v) is 3.22. The Hall–Kier alpha value is -1.43. The van der Waals surface area contributed by atoms with E-state index in [0.717, 1.165) is 21.2 Å². The number of hydrogen-bond acceptors (Lipinski definition) is 2. The van der Waals surface area contributed by atoms with E-state index in [0.29, 0.717) is 0 Å². The van der Waals surface area contributed by atoms with Crippen LogP contribution < -0.4 is 4.74 Å². The molecule has 0 N–H and O–H groups in total. The summed E-state index contributed by atoms with van der Waals surface area (Å²) in [5.74, 6) is 6.92. The van der Waals surface area contributed by atoms with Crippen molar-refractivity contribution in [2.75, 3.05) is 7.11 Å².